The molecule has 1 aromatic carbocycles. The van der Waals surface area contributed by atoms with Crippen molar-refractivity contribution >= 4 is 0 Å². The van der Waals surface area contributed by atoms with Gasteiger partial charge in [-0.1, -0.05) is 19.1 Å². The van der Waals surface area contributed by atoms with E-state index in [4.69, 9.17) is 4.74 Å². The lowest BCUT2D eigenvalue weighted by Gasteiger charge is -2.27. The lowest BCUT2D eigenvalue weighted by atomic mass is 9.89. The van der Waals surface area contributed by atoms with Crippen LogP contribution in [-0.4, -0.2) is 25.9 Å². The van der Waals surface area contributed by atoms with Gasteiger partial charge < -0.3 is 15.2 Å². The average molecular weight is 249 g/mol. The number of nitrogens with one attached hydrogen (secondary N) is 1. The number of aliphatic hydroxyl groups excluding tert-OH is 1. The van der Waals surface area contributed by atoms with Crippen molar-refractivity contribution in [2.75, 3.05) is 20.8 Å². The second-order valence-corrected chi connectivity index (χ2v) is 5.17. The van der Waals surface area contributed by atoms with E-state index in [0.29, 0.717) is 0 Å². The van der Waals surface area contributed by atoms with Crippen molar-refractivity contribution in [2.24, 2.45) is 5.41 Å². The van der Waals surface area contributed by atoms with E-state index in [1.54, 1.807) is 7.11 Å². The SMILES string of the molecule is CCc1ccc(OC)c(C(NC)C2(CO)CC2)c1. The van der Waals surface area contributed by atoms with Crippen LogP contribution in [0.2, 0.25) is 0 Å². The molecule has 0 radical (unpaired) electrons. The Morgan fingerprint density at radius 2 is 2.17 bits per heavy atom. The summed E-state index contributed by atoms with van der Waals surface area (Å²) in [6, 6.07) is 6.51. The monoisotopic (exact) mass is 249 g/mol. The maximum Gasteiger partial charge on any atom is 0.123 e. The molecule has 0 aromatic heterocycles. The molecule has 1 saturated carbocycles. The normalized spacial score (nSPS) is 18.4. The zero-order valence-corrected chi connectivity index (χ0v) is 11.5. The summed E-state index contributed by atoms with van der Waals surface area (Å²) < 4.78 is 5.47. The Balaban J connectivity index is 2.40. The molecular weight excluding hydrogens is 226 g/mol. The van der Waals surface area contributed by atoms with Crippen molar-refractivity contribution in [1.29, 1.82) is 0 Å². The first-order valence-corrected chi connectivity index (χ1v) is 6.65. The minimum atomic E-state index is 0.00833. The third-order valence-electron chi connectivity index (χ3n) is 4.12. The van der Waals surface area contributed by atoms with Crippen LogP contribution in [0.3, 0.4) is 0 Å². The molecule has 3 heteroatoms. The molecule has 0 spiro atoms. The lowest BCUT2D eigenvalue weighted by molar-refractivity contribution is 0.174. The number of methoxy groups -OCH3 is 1. The zero-order valence-electron chi connectivity index (χ0n) is 11.5. The standard InChI is InChI=1S/C15H23NO2/c1-4-11-5-6-13(18-3)12(9-11)14(16-2)15(10-17)7-8-15/h5-6,9,14,16-17H,4,7-8,10H2,1-3H3. The van der Waals surface area contributed by atoms with E-state index >= 15 is 0 Å². The molecule has 0 bridgehead atoms. The Bertz CT molecular complexity index is 413. The summed E-state index contributed by atoms with van der Waals surface area (Å²) in [6.07, 6.45) is 3.17. The van der Waals surface area contributed by atoms with Gasteiger partial charge in [-0.05, 0) is 37.9 Å². The molecule has 1 atom stereocenters. The summed E-state index contributed by atoms with van der Waals surface area (Å²) in [4.78, 5) is 0. The number of aliphatic hydroxyl groups is 1. The minimum Gasteiger partial charge on any atom is -0.496 e. The first-order valence-electron chi connectivity index (χ1n) is 6.65. The summed E-state index contributed by atoms with van der Waals surface area (Å²) in [5, 5.41) is 13.0. The van der Waals surface area contributed by atoms with Crippen molar-refractivity contribution in [3.8, 4) is 5.75 Å². The van der Waals surface area contributed by atoms with Crippen LogP contribution in [0.1, 0.15) is 36.9 Å². The van der Waals surface area contributed by atoms with Gasteiger partial charge in [-0.2, -0.15) is 0 Å². The molecule has 1 unspecified atom stereocenters. The highest BCUT2D eigenvalue weighted by molar-refractivity contribution is 5.41. The van der Waals surface area contributed by atoms with Gasteiger partial charge >= 0.3 is 0 Å². The predicted octanol–water partition coefficient (Wildman–Crippen LogP) is 2.29. The van der Waals surface area contributed by atoms with Gasteiger partial charge in [-0.15, -0.1) is 0 Å². The highest BCUT2D eigenvalue weighted by Crippen LogP contribution is 2.55. The Kier molecular flexibility index (Phi) is 3.93. The molecule has 18 heavy (non-hydrogen) atoms. The quantitative estimate of drug-likeness (QED) is 0.813. The van der Waals surface area contributed by atoms with Crippen LogP contribution < -0.4 is 10.1 Å². The second kappa shape index (κ2) is 5.29. The largest absolute Gasteiger partial charge is 0.496 e. The van der Waals surface area contributed by atoms with Crippen LogP contribution >= 0.6 is 0 Å². The third-order valence-corrected chi connectivity index (χ3v) is 4.12. The molecule has 0 heterocycles. The Hall–Kier alpha value is -1.06. The Morgan fingerprint density at radius 1 is 1.44 bits per heavy atom. The summed E-state index contributed by atoms with van der Waals surface area (Å²) in [5.74, 6) is 0.909. The zero-order chi connectivity index (χ0) is 13.2. The molecule has 2 N–H and O–H groups in total. The summed E-state index contributed by atoms with van der Waals surface area (Å²) in [5.41, 5.74) is 2.49. The number of ether oxygens (including phenoxy) is 1. The molecule has 1 aromatic rings. The molecule has 3 nitrogen and oxygen atoms in total. The predicted molar refractivity (Wildman–Crippen MR) is 72.9 cm³/mol. The number of rotatable bonds is 6. The van der Waals surface area contributed by atoms with Gasteiger partial charge in [-0.25, -0.2) is 0 Å². The fraction of sp³-hybridized carbons (Fsp3) is 0.600. The van der Waals surface area contributed by atoms with Crippen LogP contribution in [0.5, 0.6) is 5.75 Å². The molecule has 0 amide bonds. The van der Waals surface area contributed by atoms with Gasteiger partial charge in [0.15, 0.2) is 0 Å². The van der Waals surface area contributed by atoms with E-state index in [9.17, 15) is 5.11 Å². The number of hydrogen-bond donors (Lipinski definition) is 2. The van der Waals surface area contributed by atoms with Gasteiger partial charge in [0.2, 0.25) is 0 Å². The third kappa shape index (κ3) is 2.25. The molecule has 2 rings (SSSR count). The van der Waals surface area contributed by atoms with Crippen LogP contribution in [0, 0.1) is 5.41 Å². The van der Waals surface area contributed by atoms with E-state index in [1.807, 2.05) is 13.1 Å². The van der Waals surface area contributed by atoms with E-state index < -0.39 is 0 Å². The van der Waals surface area contributed by atoms with Crippen molar-refractivity contribution in [3.63, 3.8) is 0 Å². The van der Waals surface area contributed by atoms with E-state index in [2.05, 4.69) is 24.4 Å². The van der Waals surface area contributed by atoms with E-state index in [-0.39, 0.29) is 18.1 Å². The van der Waals surface area contributed by atoms with Crippen molar-refractivity contribution in [2.45, 2.75) is 32.2 Å². The van der Waals surface area contributed by atoms with Gasteiger partial charge in [-0.3, -0.25) is 0 Å². The van der Waals surface area contributed by atoms with Crippen LogP contribution in [-0.2, 0) is 6.42 Å². The highest BCUT2D eigenvalue weighted by atomic mass is 16.5. The maximum atomic E-state index is 9.63. The van der Waals surface area contributed by atoms with E-state index in [0.717, 1.165) is 25.0 Å². The van der Waals surface area contributed by atoms with Crippen molar-refractivity contribution < 1.29 is 9.84 Å². The Labute approximate surface area is 109 Å². The molecular formula is C15H23NO2. The molecule has 1 fully saturated rings. The fourth-order valence-corrected chi connectivity index (χ4v) is 2.72. The van der Waals surface area contributed by atoms with Crippen LogP contribution in [0.15, 0.2) is 18.2 Å². The maximum absolute atomic E-state index is 9.63. The van der Waals surface area contributed by atoms with Gasteiger partial charge in [0, 0.05) is 17.0 Å². The first kappa shape index (κ1) is 13.4. The molecule has 0 aliphatic heterocycles. The van der Waals surface area contributed by atoms with Gasteiger partial charge in [0.05, 0.1) is 13.7 Å². The van der Waals surface area contributed by atoms with Gasteiger partial charge in [0.1, 0.15) is 5.75 Å². The summed E-state index contributed by atoms with van der Waals surface area (Å²) >= 11 is 0. The fourth-order valence-electron chi connectivity index (χ4n) is 2.72. The first-order chi connectivity index (χ1) is 8.70. The molecule has 1 aliphatic carbocycles. The van der Waals surface area contributed by atoms with E-state index in [1.165, 1.54) is 11.1 Å². The minimum absolute atomic E-state index is 0.00833. The second-order valence-electron chi connectivity index (χ2n) is 5.17. The number of hydrogen-bond acceptors (Lipinski definition) is 3. The Morgan fingerprint density at radius 3 is 2.61 bits per heavy atom. The highest BCUT2D eigenvalue weighted by Gasteiger charge is 2.49. The number of benzene rings is 1. The summed E-state index contributed by atoms with van der Waals surface area (Å²) in [7, 11) is 3.66. The van der Waals surface area contributed by atoms with Crippen molar-refractivity contribution in [1.82, 2.24) is 5.32 Å². The average Bonchev–Trinajstić information content (AvgIpc) is 3.20. The lowest BCUT2D eigenvalue weighted by Crippen LogP contribution is -2.29. The number of aryl methyl sites for hydroxylation is 1. The smallest absolute Gasteiger partial charge is 0.123 e. The topological polar surface area (TPSA) is 41.5 Å². The molecule has 0 saturated heterocycles. The van der Waals surface area contributed by atoms with Crippen LogP contribution in [0.4, 0.5) is 0 Å². The summed E-state index contributed by atoms with van der Waals surface area (Å²) in [6.45, 7) is 2.39. The van der Waals surface area contributed by atoms with Crippen LogP contribution in [0.25, 0.3) is 0 Å². The van der Waals surface area contributed by atoms with Gasteiger partial charge in [0.25, 0.3) is 0 Å². The van der Waals surface area contributed by atoms with Crippen molar-refractivity contribution in [3.05, 3.63) is 29.3 Å². The molecule has 1 aliphatic rings. The molecule has 100 valence electrons.